The van der Waals surface area contributed by atoms with E-state index in [1.165, 1.54) is 18.1 Å². The van der Waals surface area contributed by atoms with Crippen molar-refractivity contribution in [3.8, 4) is 11.5 Å². The Balaban J connectivity index is 1.55. The third kappa shape index (κ3) is 5.32. The van der Waals surface area contributed by atoms with Gasteiger partial charge in [0.1, 0.15) is 0 Å². The Morgan fingerprint density at radius 2 is 1.79 bits per heavy atom. The summed E-state index contributed by atoms with van der Waals surface area (Å²) >= 11 is 6.83. The van der Waals surface area contributed by atoms with Gasteiger partial charge in [0, 0.05) is 5.02 Å². The number of hydrogen-bond donors (Lipinski definition) is 0. The van der Waals surface area contributed by atoms with Crippen molar-refractivity contribution in [2.24, 2.45) is 0 Å². The Kier molecular flexibility index (Phi) is 7.05. The van der Waals surface area contributed by atoms with Gasteiger partial charge in [-0.3, -0.25) is 14.5 Å². The van der Waals surface area contributed by atoms with Gasteiger partial charge in [0.2, 0.25) is 0 Å². The lowest BCUT2D eigenvalue weighted by Crippen LogP contribution is -2.27. The minimum Gasteiger partial charge on any atom is -0.493 e. The molecule has 0 bridgehead atoms. The molecule has 4 rings (SSSR count). The van der Waals surface area contributed by atoms with Crippen molar-refractivity contribution >= 4 is 46.6 Å². The molecule has 8 heteroatoms. The van der Waals surface area contributed by atoms with Crippen LogP contribution in [-0.2, 0) is 11.3 Å². The molecule has 0 spiro atoms. The fourth-order valence-corrected chi connectivity index (χ4v) is 4.33. The smallest absolute Gasteiger partial charge is 0.343 e. The maximum atomic E-state index is 12.9. The highest BCUT2D eigenvalue weighted by molar-refractivity contribution is 8.18. The molecular weight excluding hydrogens is 474 g/mol. The molecule has 34 heavy (non-hydrogen) atoms. The lowest BCUT2D eigenvalue weighted by Gasteiger charge is -2.12. The predicted octanol–water partition coefficient (Wildman–Crippen LogP) is 6.11. The van der Waals surface area contributed by atoms with Gasteiger partial charge in [-0.1, -0.05) is 53.6 Å². The number of carbonyl (C=O) groups excluding carboxylic acids is 3. The van der Waals surface area contributed by atoms with Crippen molar-refractivity contribution in [1.29, 1.82) is 0 Å². The second-order valence-electron chi connectivity index (χ2n) is 7.56. The monoisotopic (exact) mass is 493 g/mol. The average Bonchev–Trinajstić information content (AvgIpc) is 3.08. The first-order valence-corrected chi connectivity index (χ1v) is 11.5. The standard InChI is InChI=1S/C26H20ClNO5S/c1-16-6-8-17(9-7-16)15-28-24(29)23(34-26(28)31)13-18-10-11-21(32-2)22(12-18)33-25(30)19-4-3-5-20(27)14-19/h3-14H,15H2,1-2H3/b23-13-. The molecule has 0 saturated carbocycles. The van der Waals surface area contributed by atoms with Gasteiger partial charge in [-0.2, -0.15) is 0 Å². The number of hydrogen-bond acceptors (Lipinski definition) is 6. The Morgan fingerprint density at radius 3 is 2.50 bits per heavy atom. The van der Waals surface area contributed by atoms with E-state index in [2.05, 4.69) is 0 Å². The molecule has 0 atom stereocenters. The number of benzene rings is 3. The summed E-state index contributed by atoms with van der Waals surface area (Å²) in [5.74, 6) is -0.444. The zero-order chi connectivity index (χ0) is 24.2. The van der Waals surface area contributed by atoms with Crippen LogP contribution in [0.25, 0.3) is 6.08 Å². The Labute approximate surface area is 206 Å². The first-order valence-electron chi connectivity index (χ1n) is 10.3. The maximum absolute atomic E-state index is 12.9. The van der Waals surface area contributed by atoms with E-state index in [4.69, 9.17) is 21.1 Å². The number of carbonyl (C=O) groups is 3. The average molecular weight is 494 g/mol. The minimum absolute atomic E-state index is 0.181. The normalized spacial score (nSPS) is 14.6. The predicted molar refractivity (Wildman–Crippen MR) is 132 cm³/mol. The van der Waals surface area contributed by atoms with E-state index in [1.54, 1.807) is 42.5 Å². The first-order chi connectivity index (χ1) is 16.3. The number of rotatable bonds is 6. The number of thioether (sulfide) groups is 1. The molecule has 1 fully saturated rings. The van der Waals surface area contributed by atoms with Gasteiger partial charge in [-0.15, -0.1) is 0 Å². The molecule has 0 radical (unpaired) electrons. The molecular formula is C26H20ClNO5S. The van der Waals surface area contributed by atoms with Crippen LogP contribution in [0.2, 0.25) is 5.02 Å². The zero-order valence-corrected chi connectivity index (χ0v) is 20.0. The molecule has 0 aliphatic carbocycles. The Hall–Kier alpha value is -3.55. The maximum Gasteiger partial charge on any atom is 0.343 e. The number of nitrogens with zero attached hydrogens (tertiary/aromatic N) is 1. The second-order valence-corrected chi connectivity index (χ2v) is 8.99. The number of imide groups is 1. The van der Waals surface area contributed by atoms with E-state index >= 15 is 0 Å². The third-order valence-electron chi connectivity index (χ3n) is 5.08. The summed E-state index contributed by atoms with van der Waals surface area (Å²) in [5, 5.41) is 0.0782. The summed E-state index contributed by atoms with van der Waals surface area (Å²) in [6.45, 7) is 2.18. The van der Waals surface area contributed by atoms with Crippen LogP contribution in [0.3, 0.4) is 0 Å². The van der Waals surface area contributed by atoms with Gasteiger partial charge in [0.05, 0.1) is 24.1 Å². The van der Waals surface area contributed by atoms with Gasteiger partial charge in [-0.05, 0) is 66.2 Å². The van der Waals surface area contributed by atoms with E-state index in [1.807, 2.05) is 31.2 Å². The van der Waals surface area contributed by atoms with E-state index in [0.717, 1.165) is 22.9 Å². The van der Waals surface area contributed by atoms with Crippen LogP contribution in [0.1, 0.15) is 27.0 Å². The fraction of sp³-hybridized carbons (Fsp3) is 0.115. The van der Waals surface area contributed by atoms with Crippen LogP contribution in [0.4, 0.5) is 4.79 Å². The van der Waals surface area contributed by atoms with Crippen molar-refractivity contribution in [2.75, 3.05) is 7.11 Å². The van der Waals surface area contributed by atoms with Crippen molar-refractivity contribution < 1.29 is 23.9 Å². The lowest BCUT2D eigenvalue weighted by atomic mass is 10.1. The van der Waals surface area contributed by atoms with Crippen molar-refractivity contribution in [1.82, 2.24) is 4.90 Å². The van der Waals surface area contributed by atoms with E-state index in [9.17, 15) is 14.4 Å². The van der Waals surface area contributed by atoms with Gasteiger partial charge in [0.15, 0.2) is 11.5 Å². The highest BCUT2D eigenvalue weighted by atomic mass is 35.5. The molecule has 1 aliphatic heterocycles. The molecule has 3 aromatic carbocycles. The van der Waals surface area contributed by atoms with Gasteiger partial charge in [-0.25, -0.2) is 4.79 Å². The van der Waals surface area contributed by atoms with Crippen molar-refractivity contribution in [3.05, 3.63) is 98.9 Å². The van der Waals surface area contributed by atoms with Crippen LogP contribution >= 0.6 is 23.4 Å². The van der Waals surface area contributed by atoms with Crippen LogP contribution in [0.5, 0.6) is 11.5 Å². The molecule has 1 saturated heterocycles. The Bertz CT molecular complexity index is 1300. The molecule has 2 amide bonds. The van der Waals surface area contributed by atoms with E-state index in [-0.39, 0.29) is 33.9 Å². The lowest BCUT2D eigenvalue weighted by molar-refractivity contribution is -0.123. The number of ether oxygens (including phenoxy) is 2. The summed E-state index contributed by atoms with van der Waals surface area (Å²) in [6, 6.07) is 19.0. The molecule has 6 nitrogen and oxygen atoms in total. The number of halogens is 1. The van der Waals surface area contributed by atoms with Gasteiger partial charge in [0.25, 0.3) is 11.1 Å². The van der Waals surface area contributed by atoms with Gasteiger partial charge >= 0.3 is 5.97 Å². The summed E-state index contributed by atoms with van der Waals surface area (Å²) in [5.41, 5.74) is 2.84. The number of amides is 2. The SMILES string of the molecule is COc1ccc(/C=C2\SC(=O)N(Cc3ccc(C)cc3)C2=O)cc1OC(=O)c1cccc(Cl)c1. The summed E-state index contributed by atoms with van der Waals surface area (Å²) in [6.07, 6.45) is 1.59. The van der Waals surface area contributed by atoms with Crippen LogP contribution in [0, 0.1) is 6.92 Å². The molecule has 0 N–H and O–H groups in total. The number of aryl methyl sites for hydroxylation is 1. The fourth-order valence-electron chi connectivity index (χ4n) is 3.30. The zero-order valence-electron chi connectivity index (χ0n) is 18.4. The molecule has 172 valence electrons. The van der Waals surface area contributed by atoms with Crippen LogP contribution in [0.15, 0.2) is 71.6 Å². The summed E-state index contributed by atoms with van der Waals surface area (Å²) in [4.78, 5) is 39.4. The molecule has 0 aromatic heterocycles. The first kappa shape index (κ1) is 23.6. The van der Waals surface area contributed by atoms with Crippen molar-refractivity contribution in [3.63, 3.8) is 0 Å². The molecule has 3 aromatic rings. The van der Waals surface area contributed by atoms with E-state index < -0.39 is 5.97 Å². The largest absolute Gasteiger partial charge is 0.493 e. The number of methoxy groups -OCH3 is 1. The third-order valence-corrected chi connectivity index (χ3v) is 6.23. The van der Waals surface area contributed by atoms with Crippen LogP contribution < -0.4 is 9.47 Å². The molecule has 1 aliphatic rings. The summed E-state index contributed by atoms with van der Waals surface area (Å²) in [7, 11) is 1.46. The highest BCUT2D eigenvalue weighted by Crippen LogP contribution is 2.35. The second kappa shape index (κ2) is 10.2. The highest BCUT2D eigenvalue weighted by Gasteiger charge is 2.35. The van der Waals surface area contributed by atoms with Crippen molar-refractivity contribution in [2.45, 2.75) is 13.5 Å². The Morgan fingerprint density at radius 1 is 1.03 bits per heavy atom. The van der Waals surface area contributed by atoms with Crippen LogP contribution in [-0.4, -0.2) is 29.1 Å². The molecule has 0 unspecified atom stereocenters. The molecule has 1 heterocycles. The topological polar surface area (TPSA) is 72.9 Å². The van der Waals surface area contributed by atoms with Gasteiger partial charge < -0.3 is 9.47 Å². The minimum atomic E-state index is -0.601. The number of esters is 1. The summed E-state index contributed by atoms with van der Waals surface area (Å²) < 4.78 is 10.8. The quantitative estimate of drug-likeness (QED) is 0.234. The van der Waals surface area contributed by atoms with E-state index in [0.29, 0.717) is 16.3 Å².